The third kappa shape index (κ3) is 3.30. The highest BCUT2D eigenvalue weighted by Crippen LogP contribution is 2.56. The van der Waals surface area contributed by atoms with Gasteiger partial charge in [0.2, 0.25) is 0 Å². The molecule has 0 unspecified atom stereocenters. The van der Waals surface area contributed by atoms with Gasteiger partial charge < -0.3 is 4.57 Å². The SMILES string of the molecule is [C-]#[N+]/C(C#N)=C/c1cc2c(s1)-c1cc3c(cc1C2(C)C)c1cc2c(cc1n3C)-c1sc(C=C(C#N)C#N)cc1C2(C)C. The van der Waals surface area contributed by atoms with Crippen molar-refractivity contribution in [3.63, 3.8) is 0 Å². The number of rotatable bonds is 2. The molecule has 5 nitrogen and oxygen atoms in total. The van der Waals surface area contributed by atoms with Crippen LogP contribution in [0.15, 0.2) is 47.7 Å². The Labute approximate surface area is 251 Å². The Bertz CT molecular complexity index is 2110. The maximum Gasteiger partial charge on any atom is 0.263 e. The largest absolute Gasteiger partial charge is 0.344 e. The molecule has 2 aromatic carbocycles. The third-order valence-corrected chi connectivity index (χ3v) is 11.2. The molecule has 0 atom stereocenters. The van der Waals surface area contributed by atoms with Gasteiger partial charge in [-0.1, -0.05) is 27.7 Å². The lowest BCUT2D eigenvalue weighted by Crippen LogP contribution is -2.14. The Hall–Kier alpha value is -4.92. The number of thiophene rings is 2. The van der Waals surface area contributed by atoms with Crippen LogP contribution in [-0.4, -0.2) is 4.57 Å². The monoisotopic (exact) mass is 577 g/mol. The molecule has 0 aliphatic heterocycles. The molecule has 7 rings (SSSR count). The summed E-state index contributed by atoms with van der Waals surface area (Å²) in [6.45, 7) is 16.3. The van der Waals surface area contributed by atoms with Crippen molar-refractivity contribution in [1.29, 1.82) is 15.8 Å². The maximum absolute atomic E-state index is 9.26. The molecule has 2 aliphatic rings. The average molecular weight is 578 g/mol. The standard InChI is InChI=1S/C35H23N5S2/c1-34(2)26-11-22-23-12-27-25(33-29(35(27,3)4)10-21(42-33)8-19(17-38)39-5)14-31(23)40(6)30(22)13-24(26)32-28(34)9-20(41-32)7-18(15-36)16-37/h7-14H,1-4,6H3/b19-8+. The normalized spacial score (nSPS) is 15.2. The van der Waals surface area contributed by atoms with Crippen molar-refractivity contribution < 1.29 is 0 Å². The molecule has 3 heterocycles. The first-order valence-corrected chi connectivity index (χ1v) is 15.1. The molecule has 0 bridgehead atoms. The summed E-state index contributed by atoms with van der Waals surface area (Å²) in [5.74, 6) is 0. The summed E-state index contributed by atoms with van der Waals surface area (Å²) in [7, 11) is 2.12. The van der Waals surface area contributed by atoms with Crippen LogP contribution < -0.4 is 0 Å². The lowest BCUT2D eigenvalue weighted by Gasteiger charge is -2.21. The van der Waals surface area contributed by atoms with E-state index in [9.17, 15) is 15.8 Å². The van der Waals surface area contributed by atoms with E-state index in [4.69, 9.17) is 6.57 Å². The second kappa shape index (κ2) is 8.55. The van der Waals surface area contributed by atoms with Crippen molar-refractivity contribution in [2.75, 3.05) is 0 Å². The van der Waals surface area contributed by atoms with Gasteiger partial charge in [0.1, 0.15) is 17.7 Å². The van der Waals surface area contributed by atoms with Crippen LogP contribution in [0.4, 0.5) is 0 Å². The molecule has 0 spiro atoms. The molecule has 0 radical (unpaired) electrons. The van der Waals surface area contributed by atoms with E-state index in [2.05, 4.69) is 80.6 Å². The van der Waals surface area contributed by atoms with Crippen LogP contribution in [0.3, 0.4) is 0 Å². The van der Waals surface area contributed by atoms with Crippen LogP contribution in [-0.2, 0) is 17.9 Å². The highest BCUT2D eigenvalue weighted by atomic mass is 32.1. The van der Waals surface area contributed by atoms with E-state index in [1.807, 2.05) is 18.2 Å². The molecule has 3 aromatic heterocycles. The smallest absolute Gasteiger partial charge is 0.263 e. The number of aryl methyl sites for hydroxylation is 1. The highest BCUT2D eigenvalue weighted by molar-refractivity contribution is 7.17. The van der Waals surface area contributed by atoms with E-state index in [0.717, 1.165) is 9.75 Å². The van der Waals surface area contributed by atoms with Crippen molar-refractivity contribution in [2.24, 2.45) is 7.05 Å². The van der Waals surface area contributed by atoms with Gasteiger partial charge in [0, 0.05) is 59.2 Å². The van der Waals surface area contributed by atoms with Gasteiger partial charge in [-0.3, -0.25) is 0 Å². The minimum absolute atomic E-state index is 0.0978. The lowest BCUT2D eigenvalue weighted by atomic mass is 9.81. The van der Waals surface area contributed by atoms with Crippen molar-refractivity contribution in [3.05, 3.63) is 91.1 Å². The Morgan fingerprint density at radius 3 is 1.64 bits per heavy atom. The van der Waals surface area contributed by atoms with E-state index in [0.29, 0.717) is 0 Å². The first kappa shape index (κ1) is 26.0. The zero-order valence-electron chi connectivity index (χ0n) is 23.7. The summed E-state index contributed by atoms with van der Waals surface area (Å²) >= 11 is 3.28. The van der Waals surface area contributed by atoms with Crippen molar-refractivity contribution in [2.45, 2.75) is 38.5 Å². The summed E-state index contributed by atoms with van der Waals surface area (Å²) in [5.41, 5.74) is 9.63. The number of nitriles is 3. The van der Waals surface area contributed by atoms with E-state index in [1.165, 1.54) is 64.9 Å². The van der Waals surface area contributed by atoms with E-state index in [-0.39, 0.29) is 22.1 Å². The van der Waals surface area contributed by atoms with E-state index < -0.39 is 0 Å². The van der Waals surface area contributed by atoms with E-state index >= 15 is 0 Å². The Morgan fingerprint density at radius 2 is 1.21 bits per heavy atom. The summed E-state index contributed by atoms with van der Waals surface area (Å²) < 4.78 is 2.28. The molecule has 0 amide bonds. The fraction of sp³-hybridized carbons (Fsp3) is 0.200. The number of aromatic nitrogens is 1. The van der Waals surface area contributed by atoms with Gasteiger partial charge in [0.05, 0.1) is 12.6 Å². The van der Waals surface area contributed by atoms with Crippen LogP contribution in [0.2, 0.25) is 0 Å². The summed E-state index contributed by atoms with van der Waals surface area (Å²) in [6, 6.07) is 19.5. The second-order valence-corrected chi connectivity index (χ2v) is 14.1. The molecular formula is C35H23N5S2. The lowest BCUT2D eigenvalue weighted by molar-refractivity contribution is 0.662. The number of hydrogen-bond donors (Lipinski definition) is 0. The van der Waals surface area contributed by atoms with Gasteiger partial charge in [0.15, 0.2) is 0 Å². The minimum atomic E-state index is -0.208. The number of hydrogen-bond acceptors (Lipinski definition) is 5. The molecule has 0 N–H and O–H groups in total. The molecule has 42 heavy (non-hydrogen) atoms. The topological polar surface area (TPSA) is 80.7 Å². The zero-order valence-corrected chi connectivity index (χ0v) is 25.3. The van der Waals surface area contributed by atoms with Crippen LogP contribution in [0.1, 0.15) is 59.7 Å². The fourth-order valence-corrected chi connectivity index (χ4v) is 9.32. The summed E-state index contributed by atoms with van der Waals surface area (Å²) in [4.78, 5) is 7.60. The van der Waals surface area contributed by atoms with Crippen LogP contribution in [0, 0.1) is 40.6 Å². The third-order valence-electron chi connectivity index (χ3n) is 9.01. The number of benzene rings is 2. The molecule has 200 valence electrons. The Kier molecular flexibility index (Phi) is 5.29. The average Bonchev–Trinajstić information content (AvgIpc) is 3.74. The second-order valence-electron chi connectivity index (χ2n) is 12.0. The van der Waals surface area contributed by atoms with Gasteiger partial charge in [0.25, 0.3) is 5.70 Å². The maximum atomic E-state index is 9.26. The quantitative estimate of drug-likeness (QED) is 0.155. The number of nitrogens with zero attached hydrogens (tertiary/aromatic N) is 5. The van der Waals surface area contributed by atoms with Gasteiger partial charge in [-0.05, 0) is 81.9 Å². The Balaban J connectivity index is 1.44. The Morgan fingerprint density at radius 1 is 0.738 bits per heavy atom. The van der Waals surface area contributed by atoms with Gasteiger partial charge in [-0.25, -0.2) is 10.1 Å². The van der Waals surface area contributed by atoms with Gasteiger partial charge in [-0.2, -0.15) is 10.5 Å². The van der Waals surface area contributed by atoms with Gasteiger partial charge in [-0.15, -0.1) is 22.7 Å². The fourth-order valence-electron chi connectivity index (χ4n) is 6.74. The van der Waals surface area contributed by atoms with Crippen molar-refractivity contribution >= 4 is 56.6 Å². The van der Waals surface area contributed by atoms with Crippen molar-refractivity contribution in [3.8, 4) is 39.1 Å². The van der Waals surface area contributed by atoms with Gasteiger partial charge >= 0.3 is 0 Å². The van der Waals surface area contributed by atoms with E-state index in [1.54, 1.807) is 34.8 Å². The predicted molar refractivity (Wildman–Crippen MR) is 171 cm³/mol. The summed E-state index contributed by atoms with van der Waals surface area (Å²) in [5, 5.41) is 30.2. The molecule has 0 saturated heterocycles. The molecule has 7 heteroatoms. The molecule has 5 aromatic rings. The zero-order chi connectivity index (χ0) is 29.7. The molecular weight excluding hydrogens is 555 g/mol. The minimum Gasteiger partial charge on any atom is -0.344 e. The van der Waals surface area contributed by atoms with Crippen LogP contribution in [0.25, 0.3) is 59.7 Å². The molecule has 2 aliphatic carbocycles. The van der Waals surface area contributed by atoms with Crippen LogP contribution in [0.5, 0.6) is 0 Å². The first-order chi connectivity index (χ1) is 20.0. The molecule has 0 fully saturated rings. The summed E-state index contributed by atoms with van der Waals surface area (Å²) in [6.07, 6.45) is 3.37. The van der Waals surface area contributed by atoms with Crippen LogP contribution >= 0.6 is 22.7 Å². The van der Waals surface area contributed by atoms with Crippen molar-refractivity contribution in [1.82, 2.24) is 4.57 Å². The number of fused-ring (bicyclic) bond motifs is 9. The first-order valence-electron chi connectivity index (χ1n) is 13.4. The molecule has 0 saturated carbocycles. The highest BCUT2D eigenvalue weighted by Gasteiger charge is 2.40. The number of allylic oxidation sites excluding steroid dienone is 2. The predicted octanol–water partition coefficient (Wildman–Crippen LogP) is 9.28.